The lowest BCUT2D eigenvalue weighted by Crippen LogP contribution is -2.12. The van der Waals surface area contributed by atoms with E-state index in [1.54, 1.807) is 0 Å². The summed E-state index contributed by atoms with van der Waals surface area (Å²) in [5, 5.41) is 3.44. The maximum Gasteiger partial charge on any atom is 0.305 e. The standard InChI is InChI=1S/C15H24N2O2/c1-17(2)14-10-7-6-9-13(14)16-12-8-4-5-11-15(18)19-3/h6-7,9-10,16H,4-5,8,11-12H2,1-3H3. The van der Waals surface area contributed by atoms with Crippen molar-refractivity contribution in [2.75, 3.05) is 38.0 Å². The van der Waals surface area contributed by atoms with Crippen LogP contribution in [0.15, 0.2) is 24.3 Å². The van der Waals surface area contributed by atoms with Crippen LogP contribution in [0.4, 0.5) is 11.4 Å². The minimum atomic E-state index is -0.120. The summed E-state index contributed by atoms with van der Waals surface area (Å²) in [5.41, 5.74) is 2.34. The van der Waals surface area contributed by atoms with E-state index in [0.29, 0.717) is 6.42 Å². The number of carbonyl (C=O) groups excluding carboxylic acids is 1. The average Bonchev–Trinajstić information content (AvgIpc) is 2.42. The van der Waals surface area contributed by atoms with Gasteiger partial charge in [0.25, 0.3) is 0 Å². The number of ether oxygens (including phenoxy) is 1. The third-order valence-electron chi connectivity index (χ3n) is 2.99. The molecule has 0 unspecified atom stereocenters. The fourth-order valence-electron chi connectivity index (χ4n) is 1.91. The second-order valence-electron chi connectivity index (χ2n) is 4.73. The van der Waals surface area contributed by atoms with E-state index in [1.165, 1.54) is 12.8 Å². The zero-order chi connectivity index (χ0) is 14.1. The van der Waals surface area contributed by atoms with Gasteiger partial charge >= 0.3 is 5.97 Å². The van der Waals surface area contributed by atoms with Gasteiger partial charge in [-0.1, -0.05) is 18.6 Å². The van der Waals surface area contributed by atoms with E-state index in [4.69, 9.17) is 0 Å². The van der Waals surface area contributed by atoms with Crippen LogP contribution in [0.25, 0.3) is 0 Å². The number of methoxy groups -OCH3 is 1. The summed E-state index contributed by atoms with van der Waals surface area (Å²) in [6.45, 7) is 0.923. The third-order valence-corrected chi connectivity index (χ3v) is 2.99. The van der Waals surface area contributed by atoms with Crippen molar-refractivity contribution >= 4 is 17.3 Å². The van der Waals surface area contributed by atoms with E-state index in [1.807, 2.05) is 26.2 Å². The van der Waals surface area contributed by atoms with E-state index in [2.05, 4.69) is 27.1 Å². The van der Waals surface area contributed by atoms with Gasteiger partial charge in [0.2, 0.25) is 0 Å². The summed E-state index contributed by atoms with van der Waals surface area (Å²) in [7, 11) is 5.51. The molecule has 4 heteroatoms. The van der Waals surface area contributed by atoms with Gasteiger partial charge in [-0.15, -0.1) is 0 Å². The highest BCUT2D eigenvalue weighted by molar-refractivity contribution is 5.69. The summed E-state index contributed by atoms with van der Waals surface area (Å²) < 4.78 is 4.61. The van der Waals surface area contributed by atoms with Gasteiger partial charge in [-0.2, -0.15) is 0 Å². The molecular weight excluding hydrogens is 240 g/mol. The molecule has 0 aromatic heterocycles. The van der Waals surface area contributed by atoms with Crippen LogP contribution >= 0.6 is 0 Å². The molecule has 1 rings (SSSR count). The molecule has 0 heterocycles. The number of rotatable bonds is 8. The SMILES string of the molecule is COC(=O)CCCCCNc1ccccc1N(C)C. The van der Waals surface area contributed by atoms with Gasteiger partial charge in [0.05, 0.1) is 18.5 Å². The average molecular weight is 264 g/mol. The maximum absolute atomic E-state index is 10.9. The second kappa shape index (κ2) is 8.40. The zero-order valence-electron chi connectivity index (χ0n) is 12.1. The Balaban J connectivity index is 2.24. The molecule has 0 aliphatic heterocycles. The number of hydrogen-bond donors (Lipinski definition) is 1. The number of para-hydroxylation sites is 2. The molecule has 19 heavy (non-hydrogen) atoms. The number of nitrogens with zero attached hydrogens (tertiary/aromatic N) is 1. The molecule has 0 atom stereocenters. The number of esters is 1. The van der Waals surface area contributed by atoms with Crippen LogP contribution in [0.1, 0.15) is 25.7 Å². The zero-order valence-corrected chi connectivity index (χ0v) is 12.1. The van der Waals surface area contributed by atoms with Gasteiger partial charge in [-0.05, 0) is 25.0 Å². The Hall–Kier alpha value is -1.71. The predicted molar refractivity (Wildman–Crippen MR) is 79.7 cm³/mol. The highest BCUT2D eigenvalue weighted by Crippen LogP contribution is 2.23. The Labute approximate surface area is 115 Å². The smallest absolute Gasteiger partial charge is 0.305 e. The van der Waals surface area contributed by atoms with Crippen molar-refractivity contribution < 1.29 is 9.53 Å². The molecule has 0 amide bonds. The molecule has 0 saturated heterocycles. The van der Waals surface area contributed by atoms with Crippen LogP contribution in [0.3, 0.4) is 0 Å². The fourth-order valence-corrected chi connectivity index (χ4v) is 1.91. The molecule has 0 bridgehead atoms. The lowest BCUT2D eigenvalue weighted by Gasteiger charge is -2.18. The molecular formula is C15H24N2O2. The Morgan fingerprint density at radius 1 is 1.21 bits per heavy atom. The van der Waals surface area contributed by atoms with Crippen LogP contribution < -0.4 is 10.2 Å². The van der Waals surface area contributed by atoms with Crippen molar-refractivity contribution in [1.29, 1.82) is 0 Å². The number of anilines is 2. The normalized spacial score (nSPS) is 10.1. The van der Waals surface area contributed by atoms with E-state index in [0.717, 1.165) is 31.5 Å². The largest absolute Gasteiger partial charge is 0.469 e. The minimum Gasteiger partial charge on any atom is -0.469 e. The Morgan fingerprint density at radius 3 is 2.63 bits per heavy atom. The number of unbranched alkanes of at least 4 members (excludes halogenated alkanes) is 2. The minimum absolute atomic E-state index is 0.120. The lowest BCUT2D eigenvalue weighted by molar-refractivity contribution is -0.140. The van der Waals surface area contributed by atoms with E-state index >= 15 is 0 Å². The number of carbonyl (C=O) groups is 1. The van der Waals surface area contributed by atoms with E-state index in [-0.39, 0.29) is 5.97 Å². The molecule has 1 N–H and O–H groups in total. The van der Waals surface area contributed by atoms with Crippen LogP contribution in [-0.4, -0.2) is 33.7 Å². The van der Waals surface area contributed by atoms with E-state index in [9.17, 15) is 4.79 Å². The van der Waals surface area contributed by atoms with Crippen molar-refractivity contribution in [1.82, 2.24) is 0 Å². The Bertz CT molecular complexity index is 391. The highest BCUT2D eigenvalue weighted by Gasteiger charge is 2.03. The summed E-state index contributed by atoms with van der Waals surface area (Å²) >= 11 is 0. The lowest BCUT2D eigenvalue weighted by atomic mass is 10.2. The van der Waals surface area contributed by atoms with Gasteiger partial charge in [-0.3, -0.25) is 4.79 Å². The first-order valence-corrected chi connectivity index (χ1v) is 6.72. The quantitative estimate of drug-likeness (QED) is 0.579. The Kier molecular flexibility index (Phi) is 6.79. The highest BCUT2D eigenvalue weighted by atomic mass is 16.5. The van der Waals surface area contributed by atoms with Crippen molar-refractivity contribution in [2.45, 2.75) is 25.7 Å². The molecule has 0 saturated carbocycles. The molecule has 1 aromatic rings. The van der Waals surface area contributed by atoms with Gasteiger partial charge in [0, 0.05) is 27.1 Å². The molecule has 106 valence electrons. The van der Waals surface area contributed by atoms with Crippen molar-refractivity contribution in [2.24, 2.45) is 0 Å². The van der Waals surface area contributed by atoms with Gasteiger partial charge in [0.15, 0.2) is 0 Å². The molecule has 0 spiro atoms. The van der Waals surface area contributed by atoms with Crippen LogP contribution in [0, 0.1) is 0 Å². The first-order chi connectivity index (χ1) is 9.15. The van der Waals surface area contributed by atoms with Gasteiger partial charge < -0.3 is 15.0 Å². The second-order valence-corrected chi connectivity index (χ2v) is 4.73. The summed E-state index contributed by atoms with van der Waals surface area (Å²) in [5.74, 6) is -0.120. The van der Waals surface area contributed by atoms with Crippen molar-refractivity contribution in [3.8, 4) is 0 Å². The first-order valence-electron chi connectivity index (χ1n) is 6.72. The Morgan fingerprint density at radius 2 is 1.95 bits per heavy atom. The van der Waals surface area contributed by atoms with Crippen molar-refractivity contribution in [3.05, 3.63) is 24.3 Å². The third kappa shape index (κ3) is 5.64. The first kappa shape index (κ1) is 15.3. The number of hydrogen-bond acceptors (Lipinski definition) is 4. The predicted octanol–water partition coefficient (Wildman–Crippen LogP) is 2.90. The maximum atomic E-state index is 10.9. The number of benzene rings is 1. The van der Waals surface area contributed by atoms with Crippen molar-refractivity contribution in [3.63, 3.8) is 0 Å². The topological polar surface area (TPSA) is 41.6 Å². The monoisotopic (exact) mass is 264 g/mol. The van der Waals surface area contributed by atoms with Crippen LogP contribution in [0.5, 0.6) is 0 Å². The van der Waals surface area contributed by atoms with Crippen LogP contribution in [0.2, 0.25) is 0 Å². The van der Waals surface area contributed by atoms with Crippen LogP contribution in [-0.2, 0) is 9.53 Å². The molecule has 0 fully saturated rings. The van der Waals surface area contributed by atoms with Gasteiger partial charge in [0.1, 0.15) is 0 Å². The molecule has 1 aromatic carbocycles. The number of nitrogens with one attached hydrogen (secondary N) is 1. The summed E-state index contributed by atoms with van der Waals surface area (Å²) in [4.78, 5) is 13.0. The summed E-state index contributed by atoms with van der Waals surface area (Å²) in [6, 6.07) is 8.26. The van der Waals surface area contributed by atoms with Gasteiger partial charge in [-0.25, -0.2) is 0 Å². The molecule has 0 aliphatic rings. The molecule has 0 radical (unpaired) electrons. The molecule has 4 nitrogen and oxygen atoms in total. The molecule has 0 aliphatic carbocycles. The summed E-state index contributed by atoms with van der Waals surface area (Å²) in [6.07, 6.45) is 3.50. The fraction of sp³-hybridized carbons (Fsp3) is 0.533. The van der Waals surface area contributed by atoms with E-state index < -0.39 is 0 Å².